The minimum atomic E-state index is 0.617. The lowest BCUT2D eigenvalue weighted by atomic mass is 9.91. The molecular formula is C45H26N4S. The average Bonchev–Trinajstić information content (AvgIpc) is 3.72. The Kier molecular flexibility index (Phi) is 6.20. The maximum atomic E-state index is 10.5. The summed E-state index contributed by atoms with van der Waals surface area (Å²) in [6, 6.07) is 55.6. The van der Waals surface area contributed by atoms with Gasteiger partial charge in [0.25, 0.3) is 0 Å². The number of fused-ring (bicyclic) bond motifs is 9. The lowest BCUT2D eigenvalue weighted by molar-refractivity contribution is 1.09. The Hall–Kier alpha value is -6.66. The SMILES string of the molecule is N#Cc1ccc2c(c1)Cc1ccccc1N2c1cccc(C#N)c1-c1ccc2sc3c(ccc4c5ccccc5n(-c5ccccc5)c43)c2c1. The van der Waals surface area contributed by atoms with Gasteiger partial charge in [-0.1, -0.05) is 78.9 Å². The fraction of sp³-hybridized carbons (Fsp3) is 0.0222. The van der Waals surface area contributed by atoms with Crippen molar-refractivity contribution in [2.75, 3.05) is 4.90 Å². The van der Waals surface area contributed by atoms with E-state index < -0.39 is 0 Å². The molecule has 9 aromatic rings. The first-order valence-corrected chi connectivity index (χ1v) is 17.4. The molecule has 0 N–H and O–H groups in total. The van der Waals surface area contributed by atoms with Gasteiger partial charge in [0.1, 0.15) is 0 Å². The molecule has 0 spiro atoms. The monoisotopic (exact) mass is 654 g/mol. The second-order valence-corrected chi connectivity index (χ2v) is 13.8. The van der Waals surface area contributed by atoms with Crippen molar-refractivity contribution >= 4 is 70.4 Å². The van der Waals surface area contributed by atoms with Crippen molar-refractivity contribution in [2.45, 2.75) is 6.42 Å². The molecule has 0 bridgehead atoms. The van der Waals surface area contributed by atoms with Crippen LogP contribution in [0, 0.1) is 22.7 Å². The van der Waals surface area contributed by atoms with Gasteiger partial charge in [-0.3, -0.25) is 0 Å². The van der Waals surface area contributed by atoms with Crippen LogP contribution in [-0.4, -0.2) is 4.57 Å². The third-order valence-electron chi connectivity index (χ3n) is 10.0. The van der Waals surface area contributed by atoms with E-state index in [0.29, 0.717) is 11.1 Å². The molecule has 5 heteroatoms. The van der Waals surface area contributed by atoms with Crippen LogP contribution in [0.2, 0.25) is 0 Å². The summed E-state index contributed by atoms with van der Waals surface area (Å²) in [5, 5.41) is 25.1. The number of aromatic nitrogens is 1. The van der Waals surface area contributed by atoms with E-state index in [-0.39, 0.29) is 0 Å². The highest BCUT2D eigenvalue weighted by atomic mass is 32.1. The largest absolute Gasteiger partial charge is 0.309 e. The van der Waals surface area contributed by atoms with Crippen molar-refractivity contribution in [1.82, 2.24) is 4.57 Å². The summed E-state index contributed by atoms with van der Waals surface area (Å²) >= 11 is 1.82. The van der Waals surface area contributed by atoms with Crippen molar-refractivity contribution in [3.63, 3.8) is 0 Å². The van der Waals surface area contributed by atoms with Crippen LogP contribution >= 0.6 is 11.3 Å². The van der Waals surface area contributed by atoms with Gasteiger partial charge in [0.05, 0.1) is 44.7 Å². The predicted octanol–water partition coefficient (Wildman–Crippen LogP) is 11.9. The normalized spacial score (nSPS) is 12.2. The molecule has 232 valence electrons. The third kappa shape index (κ3) is 4.08. The van der Waals surface area contributed by atoms with Crippen LogP contribution in [0.25, 0.3) is 58.8 Å². The molecule has 0 amide bonds. The number of hydrogen-bond donors (Lipinski definition) is 0. The van der Waals surface area contributed by atoms with Crippen molar-refractivity contribution in [3.8, 4) is 29.0 Å². The van der Waals surface area contributed by atoms with Gasteiger partial charge < -0.3 is 9.47 Å². The number of rotatable bonds is 3. The van der Waals surface area contributed by atoms with Crippen LogP contribution in [-0.2, 0) is 6.42 Å². The van der Waals surface area contributed by atoms with Gasteiger partial charge in [-0.25, -0.2) is 0 Å². The second-order valence-electron chi connectivity index (χ2n) is 12.7. The minimum absolute atomic E-state index is 0.617. The van der Waals surface area contributed by atoms with E-state index in [1.54, 1.807) is 0 Å². The zero-order chi connectivity index (χ0) is 33.3. The molecule has 0 aliphatic carbocycles. The Balaban J connectivity index is 1.23. The average molecular weight is 655 g/mol. The topological polar surface area (TPSA) is 55.8 Å². The van der Waals surface area contributed by atoms with Crippen molar-refractivity contribution < 1.29 is 0 Å². The first-order chi connectivity index (χ1) is 24.7. The summed E-state index contributed by atoms with van der Waals surface area (Å²) < 4.78 is 4.85. The molecule has 7 aromatic carbocycles. The summed E-state index contributed by atoms with van der Waals surface area (Å²) in [7, 11) is 0. The van der Waals surface area contributed by atoms with Gasteiger partial charge in [-0.2, -0.15) is 10.5 Å². The molecule has 10 rings (SSSR count). The van der Waals surface area contributed by atoms with Gasteiger partial charge in [-0.15, -0.1) is 11.3 Å². The number of para-hydroxylation sites is 3. The molecule has 0 atom stereocenters. The quantitative estimate of drug-likeness (QED) is 0.190. The number of nitrogens with zero attached hydrogens (tertiary/aromatic N) is 4. The predicted molar refractivity (Wildman–Crippen MR) is 206 cm³/mol. The van der Waals surface area contributed by atoms with Crippen molar-refractivity contribution in [3.05, 3.63) is 168 Å². The van der Waals surface area contributed by atoms with Crippen LogP contribution < -0.4 is 4.90 Å². The fourth-order valence-electron chi connectivity index (χ4n) is 7.89. The Morgan fingerprint density at radius 3 is 2.22 bits per heavy atom. The molecule has 0 unspecified atom stereocenters. The van der Waals surface area contributed by atoms with Gasteiger partial charge in [0.2, 0.25) is 0 Å². The maximum Gasteiger partial charge on any atom is 0.0998 e. The summed E-state index contributed by atoms with van der Waals surface area (Å²) in [6.45, 7) is 0. The van der Waals surface area contributed by atoms with Crippen LogP contribution in [0.5, 0.6) is 0 Å². The standard InChI is InChI=1S/C45H26N4S/c46-26-28-17-21-39-32(23-28)24-29-9-4-6-14-38(29)49(39)41-16-8-10-31(27-47)43(41)30-18-22-42-37(25-30)36-20-19-35-34-13-5-7-15-40(34)48(44(35)45(36)50-42)33-11-2-1-3-12-33/h1-23,25H,24H2. The Morgan fingerprint density at radius 2 is 1.34 bits per heavy atom. The second kappa shape index (κ2) is 10.9. The van der Waals surface area contributed by atoms with Crippen LogP contribution in [0.3, 0.4) is 0 Å². The van der Waals surface area contributed by atoms with Crippen molar-refractivity contribution in [1.29, 1.82) is 10.5 Å². The number of anilines is 3. The molecule has 1 aliphatic heterocycles. The molecule has 0 saturated heterocycles. The smallest absolute Gasteiger partial charge is 0.0998 e. The highest BCUT2D eigenvalue weighted by Gasteiger charge is 2.28. The maximum absolute atomic E-state index is 10.5. The Labute approximate surface area is 292 Å². The summed E-state index contributed by atoms with van der Waals surface area (Å²) in [4.78, 5) is 2.27. The lowest BCUT2D eigenvalue weighted by Gasteiger charge is -2.35. The molecule has 0 fully saturated rings. The molecule has 4 nitrogen and oxygen atoms in total. The van der Waals surface area contributed by atoms with E-state index >= 15 is 0 Å². The van der Waals surface area contributed by atoms with E-state index in [4.69, 9.17) is 0 Å². The number of hydrogen-bond acceptors (Lipinski definition) is 4. The van der Waals surface area contributed by atoms with E-state index in [9.17, 15) is 10.5 Å². The molecular weight excluding hydrogens is 629 g/mol. The van der Waals surface area contributed by atoms with E-state index in [1.807, 2.05) is 41.7 Å². The van der Waals surface area contributed by atoms with Crippen LogP contribution in [0.15, 0.2) is 146 Å². The number of nitriles is 2. The number of benzene rings is 7. The van der Waals surface area contributed by atoms with Gasteiger partial charge in [0, 0.05) is 55.3 Å². The number of thiophene rings is 1. The highest BCUT2D eigenvalue weighted by molar-refractivity contribution is 7.26. The third-order valence-corrected chi connectivity index (χ3v) is 11.2. The van der Waals surface area contributed by atoms with Gasteiger partial charge in [-0.05, 0) is 83.4 Å². The van der Waals surface area contributed by atoms with E-state index in [2.05, 4.69) is 137 Å². The summed E-state index contributed by atoms with van der Waals surface area (Å²) in [5.74, 6) is 0. The Morgan fingerprint density at radius 1 is 0.560 bits per heavy atom. The first-order valence-electron chi connectivity index (χ1n) is 16.6. The zero-order valence-electron chi connectivity index (χ0n) is 26.8. The fourth-order valence-corrected chi connectivity index (χ4v) is 9.11. The summed E-state index contributed by atoms with van der Waals surface area (Å²) in [5.41, 5.74) is 12.0. The van der Waals surface area contributed by atoms with Crippen LogP contribution in [0.1, 0.15) is 22.3 Å². The molecule has 0 radical (unpaired) electrons. The molecule has 3 heterocycles. The molecule has 0 saturated carbocycles. The van der Waals surface area contributed by atoms with Gasteiger partial charge >= 0.3 is 0 Å². The Bertz CT molecular complexity index is 2940. The van der Waals surface area contributed by atoms with Gasteiger partial charge in [0.15, 0.2) is 0 Å². The van der Waals surface area contributed by atoms with Crippen LogP contribution in [0.4, 0.5) is 17.1 Å². The minimum Gasteiger partial charge on any atom is -0.309 e. The molecule has 50 heavy (non-hydrogen) atoms. The van der Waals surface area contributed by atoms with E-state index in [0.717, 1.165) is 45.9 Å². The van der Waals surface area contributed by atoms with E-state index in [1.165, 1.54) is 47.5 Å². The lowest BCUT2D eigenvalue weighted by Crippen LogP contribution is -2.19. The van der Waals surface area contributed by atoms with Crippen molar-refractivity contribution in [2.24, 2.45) is 0 Å². The highest BCUT2D eigenvalue weighted by Crippen LogP contribution is 2.49. The first kappa shape index (κ1) is 28.4. The molecule has 2 aromatic heterocycles. The summed E-state index contributed by atoms with van der Waals surface area (Å²) in [6.07, 6.45) is 0.742. The zero-order valence-corrected chi connectivity index (χ0v) is 27.6. The molecule has 1 aliphatic rings.